The lowest BCUT2D eigenvalue weighted by Crippen LogP contribution is -2.46. The number of amides is 1. The van der Waals surface area contributed by atoms with Gasteiger partial charge in [0, 0.05) is 49.7 Å². The lowest BCUT2D eigenvalue weighted by atomic mass is 10.2. The van der Waals surface area contributed by atoms with Crippen molar-refractivity contribution < 1.29 is 18.0 Å². The summed E-state index contributed by atoms with van der Waals surface area (Å²) in [5, 5.41) is 11.2. The van der Waals surface area contributed by atoms with Crippen molar-refractivity contribution in [2.45, 2.75) is 26.9 Å². The van der Waals surface area contributed by atoms with Gasteiger partial charge >= 0.3 is 6.18 Å². The van der Waals surface area contributed by atoms with Gasteiger partial charge in [0.25, 0.3) is 5.91 Å². The van der Waals surface area contributed by atoms with Gasteiger partial charge in [-0.15, -0.1) is 5.10 Å². The first-order valence-electron chi connectivity index (χ1n) is 12.7. The number of aliphatic imine (C=N–C) groups is 1. The number of hydrogen-bond acceptors (Lipinski definition) is 8. The van der Waals surface area contributed by atoms with Crippen LogP contribution in [0.5, 0.6) is 0 Å². The molecule has 0 radical (unpaired) electrons. The van der Waals surface area contributed by atoms with E-state index in [2.05, 4.69) is 53.9 Å². The smallest absolute Gasteiger partial charge is 0.368 e. The minimum atomic E-state index is -4.47. The second kappa shape index (κ2) is 12.2. The normalized spacial score (nSPS) is 15.1. The van der Waals surface area contributed by atoms with Gasteiger partial charge in [-0.25, -0.2) is 4.68 Å². The SMILES string of the molecule is C=C(/N=C\C=C(/C)C(F)(F)F)C(=O)Nc1cnc(C)c(-n2cc(-c3cncc(N4CCN(CC)CC4)c3)nn2)c1. The molecular weight excluding hydrogens is 523 g/mol. The van der Waals surface area contributed by atoms with Crippen molar-refractivity contribution in [1.29, 1.82) is 0 Å². The van der Waals surface area contributed by atoms with E-state index in [-0.39, 0.29) is 5.70 Å². The lowest BCUT2D eigenvalue weighted by Gasteiger charge is -2.35. The molecule has 0 bridgehead atoms. The van der Waals surface area contributed by atoms with Crippen molar-refractivity contribution >= 4 is 23.5 Å². The van der Waals surface area contributed by atoms with E-state index in [1.807, 2.05) is 12.3 Å². The van der Waals surface area contributed by atoms with E-state index in [1.165, 1.54) is 6.20 Å². The maximum absolute atomic E-state index is 12.6. The Balaban J connectivity index is 1.46. The minimum absolute atomic E-state index is 0.264. The van der Waals surface area contributed by atoms with Crippen LogP contribution in [0.25, 0.3) is 16.9 Å². The zero-order valence-corrected chi connectivity index (χ0v) is 22.5. The highest BCUT2D eigenvalue weighted by atomic mass is 19.4. The number of nitrogens with zero attached hydrogens (tertiary/aromatic N) is 8. The average Bonchev–Trinajstić information content (AvgIpc) is 3.44. The Kier molecular flexibility index (Phi) is 8.73. The molecule has 3 aromatic heterocycles. The highest BCUT2D eigenvalue weighted by molar-refractivity contribution is 6.04. The molecule has 0 saturated carbocycles. The molecule has 0 atom stereocenters. The number of allylic oxidation sites excluding steroid dienone is 2. The van der Waals surface area contributed by atoms with Crippen LogP contribution in [-0.2, 0) is 4.79 Å². The summed E-state index contributed by atoms with van der Waals surface area (Å²) in [5.41, 5.74) is 2.91. The van der Waals surface area contributed by atoms with Crippen LogP contribution in [0, 0.1) is 6.92 Å². The third-order valence-corrected chi connectivity index (χ3v) is 6.53. The molecule has 4 heterocycles. The Hall–Kier alpha value is -4.39. The van der Waals surface area contributed by atoms with Crippen molar-refractivity contribution in [3.63, 3.8) is 0 Å². The van der Waals surface area contributed by atoms with Crippen LogP contribution in [0.4, 0.5) is 24.5 Å². The third kappa shape index (κ3) is 6.97. The minimum Gasteiger partial charge on any atom is -0.368 e. The predicted molar refractivity (Wildman–Crippen MR) is 148 cm³/mol. The van der Waals surface area contributed by atoms with Crippen LogP contribution in [-0.4, -0.2) is 80.9 Å². The summed E-state index contributed by atoms with van der Waals surface area (Å²) in [5.74, 6) is -0.687. The molecule has 1 saturated heterocycles. The van der Waals surface area contributed by atoms with Crippen LogP contribution < -0.4 is 10.2 Å². The molecule has 0 aliphatic carbocycles. The Bertz CT molecular complexity index is 1440. The first kappa shape index (κ1) is 28.6. The van der Waals surface area contributed by atoms with Gasteiger partial charge < -0.3 is 15.1 Å². The van der Waals surface area contributed by atoms with Gasteiger partial charge in [0.05, 0.1) is 41.3 Å². The summed E-state index contributed by atoms with van der Waals surface area (Å²) in [6, 6.07) is 3.70. The Morgan fingerprint density at radius 3 is 2.62 bits per heavy atom. The fraction of sp³-hybridized carbons (Fsp3) is 0.333. The summed E-state index contributed by atoms with van der Waals surface area (Å²) in [7, 11) is 0. The van der Waals surface area contributed by atoms with Crippen LogP contribution in [0.15, 0.2) is 65.8 Å². The molecule has 3 aromatic rings. The summed E-state index contributed by atoms with van der Waals surface area (Å²) in [4.78, 5) is 29.6. The zero-order chi connectivity index (χ0) is 28.9. The number of carbonyl (C=O) groups excluding carboxylic acids is 1. The predicted octanol–water partition coefficient (Wildman–Crippen LogP) is 4.21. The van der Waals surface area contributed by atoms with Crippen LogP contribution >= 0.6 is 0 Å². The lowest BCUT2D eigenvalue weighted by molar-refractivity contribution is -0.112. The number of likely N-dealkylation sites (N-methyl/N-ethyl adjacent to an activating group) is 1. The zero-order valence-electron chi connectivity index (χ0n) is 22.5. The Labute approximate surface area is 229 Å². The highest BCUT2D eigenvalue weighted by Crippen LogP contribution is 2.25. The van der Waals surface area contributed by atoms with Crippen molar-refractivity contribution in [2.75, 3.05) is 42.9 Å². The number of aromatic nitrogens is 5. The van der Waals surface area contributed by atoms with E-state index in [0.717, 1.165) is 63.2 Å². The second-order valence-electron chi connectivity index (χ2n) is 9.26. The number of hydrogen-bond donors (Lipinski definition) is 1. The number of nitrogens with one attached hydrogen (secondary N) is 1. The molecule has 210 valence electrons. The molecule has 1 N–H and O–H groups in total. The summed E-state index contributed by atoms with van der Waals surface area (Å²) in [6.07, 6.45) is 3.97. The molecule has 1 aliphatic rings. The number of pyridine rings is 2. The number of alkyl halides is 3. The molecule has 1 aliphatic heterocycles. The van der Waals surface area contributed by atoms with Gasteiger partial charge in [0.1, 0.15) is 11.4 Å². The van der Waals surface area contributed by atoms with Crippen LogP contribution in [0.3, 0.4) is 0 Å². The Morgan fingerprint density at radius 1 is 1.18 bits per heavy atom. The van der Waals surface area contributed by atoms with E-state index in [1.54, 1.807) is 30.1 Å². The Morgan fingerprint density at radius 2 is 1.93 bits per heavy atom. The van der Waals surface area contributed by atoms with Crippen molar-refractivity contribution in [3.8, 4) is 16.9 Å². The second-order valence-corrected chi connectivity index (χ2v) is 9.26. The molecule has 0 unspecified atom stereocenters. The van der Waals surface area contributed by atoms with Crippen LogP contribution in [0.2, 0.25) is 0 Å². The maximum Gasteiger partial charge on any atom is 0.412 e. The van der Waals surface area contributed by atoms with Gasteiger partial charge in [-0.05, 0) is 38.6 Å². The monoisotopic (exact) mass is 553 g/mol. The maximum atomic E-state index is 12.6. The van der Waals surface area contributed by atoms with Gasteiger partial charge in [0.2, 0.25) is 0 Å². The first-order valence-corrected chi connectivity index (χ1v) is 12.7. The van der Waals surface area contributed by atoms with Gasteiger partial charge in [-0.1, -0.05) is 18.7 Å². The first-order chi connectivity index (χ1) is 19.0. The van der Waals surface area contributed by atoms with E-state index in [9.17, 15) is 18.0 Å². The molecule has 1 amide bonds. The van der Waals surface area contributed by atoms with Crippen LogP contribution in [0.1, 0.15) is 19.5 Å². The average molecular weight is 554 g/mol. The molecule has 13 heteroatoms. The summed E-state index contributed by atoms with van der Waals surface area (Å²) >= 11 is 0. The molecule has 4 rings (SSSR count). The number of aryl methyl sites for hydroxylation is 1. The molecule has 0 aromatic carbocycles. The van der Waals surface area contributed by atoms with Gasteiger partial charge in [-0.3, -0.25) is 19.8 Å². The van der Waals surface area contributed by atoms with E-state index >= 15 is 0 Å². The fourth-order valence-electron chi connectivity index (χ4n) is 3.99. The number of anilines is 2. The van der Waals surface area contributed by atoms with Gasteiger partial charge in [0.15, 0.2) is 0 Å². The summed E-state index contributed by atoms with van der Waals surface area (Å²) < 4.78 is 39.3. The van der Waals surface area contributed by atoms with Crippen molar-refractivity contribution in [1.82, 2.24) is 29.9 Å². The molecule has 0 spiro atoms. The molecule has 40 heavy (non-hydrogen) atoms. The summed E-state index contributed by atoms with van der Waals surface area (Å²) in [6.45, 7) is 13.3. The quantitative estimate of drug-likeness (QED) is 0.329. The molecular formula is C27H30F3N9O. The molecule has 10 nitrogen and oxygen atoms in total. The van der Waals surface area contributed by atoms with Crippen molar-refractivity contribution in [3.05, 3.63) is 66.5 Å². The number of carbonyl (C=O) groups is 1. The fourth-order valence-corrected chi connectivity index (χ4v) is 3.99. The largest absolute Gasteiger partial charge is 0.412 e. The van der Waals surface area contributed by atoms with Crippen molar-refractivity contribution in [2.24, 2.45) is 4.99 Å². The standard InChI is InChI=1S/C27H30F3N9O/c1-5-37-8-10-38(11-9-37)23-12-21(14-31-16-23)24-17-39(36-35-24)25-13-22(15-33-19(25)3)34-26(40)20(4)32-7-6-18(2)27(28,29)30/h6-7,12-17H,4-5,8-11H2,1-3H3,(H,34,40)/b18-6+,32-7-. The topological polar surface area (TPSA) is 104 Å². The van der Waals surface area contributed by atoms with E-state index in [0.29, 0.717) is 22.8 Å². The number of rotatable bonds is 8. The highest BCUT2D eigenvalue weighted by Gasteiger charge is 2.29. The van der Waals surface area contributed by atoms with E-state index in [4.69, 9.17) is 0 Å². The number of halogens is 3. The van der Waals surface area contributed by atoms with E-state index < -0.39 is 17.7 Å². The third-order valence-electron chi connectivity index (χ3n) is 6.53. The van der Waals surface area contributed by atoms with Gasteiger partial charge in [-0.2, -0.15) is 13.2 Å². The number of piperazine rings is 1. The molecule has 1 fully saturated rings.